The molecule has 1 N–H and O–H groups in total. The van der Waals surface area contributed by atoms with E-state index in [2.05, 4.69) is 36.5 Å². The quantitative estimate of drug-likeness (QED) is 0.732. The third kappa shape index (κ3) is 3.28. The first-order valence-corrected chi connectivity index (χ1v) is 9.49. The Kier molecular flexibility index (Phi) is 5.21. The first kappa shape index (κ1) is 15.3. The lowest BCUT2D eigenvalue weighted by Gasteiger charge is -2.49. The van der Waals surface area contributed by atoms with Gasteiger partial charge in [0, 0.05) is 11.6 Å². The maximum atomic E-state index is 4.20. The van der Waals surface area contributed by atoms with Gasteiger partial charge in [0.25, 0.3) is 0 Å². The number of hydrogen-bond acceptors (Lipinski definition) is 1. The zero-order chi connectivity index (χ0) is 14.5. The molecule has 2 fully saturated rings. The smallest absolute Gasteiger partial charge is 0.0461 e. The van der Waals surface area contributed by atoms with E-state index in [0.29, 0.717) is 5.92 Å². The predicted molar refractivity (Wildman–Crippen MR) is 91.4 cm³/mol. The molecule has 0 aromatic heterocycles. The minimum Gasteiger partial charge on any atom is -0.304 e. The zero-order valence-electron chi connectivity index (χ0n) is 13.8. The third-order valence-electron chi connectivity index (χ3n) is 6.22. The standard InChI is InChI=1S/C20H33N/c1-2-17-11-9-10-16-20(17,18-12-5-3-6-13-18)21-19-14-7-4-8-15-19/h9-11,16-19,21H,2-8,12-15H2,1H3. The number of allylic oxidation sites excluding steroid dienone is 2. The Morgan fingerprint density at radius 2 is 1.57 bits per heavy atom. The van der Waals surface area contributed by atoms with Crippen molar-refractivity contribution < 1.29 is 0 Å². The van der Waals surface area contributed by atoms with Crippen LogP contribution in [-0.2, 0) is 0 Å². The Bertz CT molecular complexity index is 371. The topological polar surface area (TPSA) is 12.0 Å². The predicted octanol–water partition coefficient (Wildman–Crippen LogP) is 5.38. The van der Waals surface area contributed by atoms with Gasteiger partial charge in [-0.25, -0.2) is 0 Å². The summed E-state index contributed by atoms with van der Waals surface area (Å²) in [7, 11) is 0. The fourth-order valence-corrected chi connectivity index (χ4v) is 5.06. The van der Waals surface area contributed by atoms with Crippen LogP contribution in [0, 0.1) is 11.8 Å². The molecule has 2 unspecified atom stereocenters. The Balaban J connectivity index is 1.81. The van der Waals surface area contributed by atoms with Gasteiger partial charge in [-0.15, -0.1) is 0 Å². The SMILES string of the molecule is CCC1C=CC=CC1(NC1CCCCC1)C1CCCCC1. The maximum absolute atomic E-state index is 4.20. The van der Waals surface area contributed by atoms with Crippen molar-refractivity contribution in [3.05, 3.63) is 24.3 Å². The van der Waals surface area contributed by atoms with Gasteiger partial charge in [-0.2, -0.15) is 0 Å². The van der Waals surface area contributed by atoms with Crippen LogP contribution in [0.15, 0.2) is 24.3 Å². The zero-order valence-corrected chi connectivity index (χ0v) is 13.8. The van der Waals surface area contributed by atoms with Crippen LogP contribution in [0.25, 0.3) is 0 Å². The molecule has 0 bridgehead atoms. The van der Waals surface area contributed by atoms with Crippen LogP contribution in [0.2, 0.25) is 0 Å². The van der Waals surface area contributed by atoms with E-state index >= 15 is 0 Å². The number of hydrogen-bond donors (Lipinski definition) is 1. The van der Waals surface area contributed by atoms with Gasteiger partial charge in [0.05, 0.1) is 0 Å². The van der Waals surface area contributed by atoms with Gasteiger partial charge < -0.3 is 5.32 Å². The van der Waals surface area contributed by atoms with Gasteiger partial charge in [-0.1, -0.05) is 69.8 Å². The Morgan fingerprint density at radius 3 is 2.24 bits per heavy atom. The molecule has 0 radical (unpaired) electrons. The molecule has 1 nitrogen and oxygen atoms in total. The highest BCUT2D eigenvalue weighted by molar-refractivity contribution is 5.26. The van der Waals surface area contributed by atoms with E-state index in [0.717, 1.165) is 12.0 Å². The molecule has 2 saturated carbocycles. The van der Waals surface area contributed by atoms with Crippen LogP contribution in [0.1, 0.15) is 77.6 Å². The average Bonchev–Trinajstić information content (AvgIpc) is 2.57. The summed E-state index contributed by atoms with van der Waals surface area (Å²) in [4.78, 5) is 0. The molecule has 0 amide bonds. The van der Waals surface area contributed by atoms with E-state index < -0.39 is 0 Å². The molecule has 0 spiro atoms. The van der Waals surface area contributed by atoms with Crippen LogP contribution < -0.4 is 5.32 Å². The third-order valence-corrected chi connectivity index (χ3v) is 6.22. The molecule has 3 aliphatic carbocycles. The van der Waals surface area contributed by atoms with Crippen molar-refractivity contribution in [3.8, 4) is 0 Å². The summed E-state index contributed by atoms with van der Waals surface area (Å²) in [6.45, 7) is 2.37. The number of rotatable bonds is 4. The Morgan fingerprint density at radius 1 is 0.905 bits per heavy atom. The summed E-state index contributed by atoms with van der Waals surface area (Å²) in [5.74, 6) is 1.53. The van der Waals surface area contributed by atoms with E-state index in [1.807, 2.05) is 0 Å². The van der Waals surface area contributed by atoms with E-state index in [-0.39, 0.29) is 5.54 Å². The molecule has 0 aromatic carbocycles. The molecular formula is C20H33N. The van der Waals surface area contributed by atoms with Gasteiger partial charge in [-0.05, 0) is 43.9 Å². The monoisotopic (exact) mass is 287 g/mol. The van der Waals surface area contributed by atoms with Gasteiger partial charge >= 0.3 is 0 Å². The highest BCUT2D eigenvalue weighted by atomic mass is 15.0. The molecule has 118 valence electrons. The fourth-order valence-electron chi connectivity index (χ4n) is 5.06. The normalized spacial score (nSPS) is 35.2. The second kappa shape index (κ2) is 7.13. The molecule has 0 aliphatic heterocycles. The minimum atomic E-state index is 0.256. The van der Waals surface area contributed by atoms with Crippen molar-refractivity contribution >= 4 is 0 Å². The van der Waals surface area contributed by atoms with Gasteiger partial charge in [-0.3, -0.25) is 0 Å². The Labute approximate surface area is 131 Å². The largest absolute Gasteiger partial charge is 0.304 e. The van der Waals surface area contributed by atoms with Crippen molar-refractivity contribution in [2.24, 2.45) is 11.8 Å². The molecule has 0 aromatic rings. The van der Waals surface area contributed by atoms with Crippen LogP contribution in [-0.4, -0.2) is 11.6 Å². The molecule has 1 heteroatoms. The van der Waals surface area contributed by atoms with Gasteiger partial charge in [0.1, 0.15) is 0 Å². The molecule has 3 aliphatic rings. The first-order valence-electron chi connectivity index (χ1n) is 9.49. The van der Waals surface area contributed by atoms with E-state index in [9.17, 15) is 0 Å². The summed E-state index contributed by atoms with van der Waals surface area (Å²) in [5.41, 5.74) is 0.256. The molecule has 21 heavy (non-hydrogen) atoms. The van der Waals surface area contributed by atoms with Gasteiger partial charge in [0.15, 0.2) is 0 Å². The maximum Gasteiger partial charge on any atom is 0.0461 e. The lowest BCUT2D eigenvalue weighted by atomic mass is 9.65. The summed E-state index contributed by atoms with van der Waals surface area (Å²) in [6, 6.07) is 0.755. The Hall–Kier alpha value is -0.560. The van der Waals surface area contributed by atoms with Crippen LogP contribution in [0.3, 0.4) is 0 Å². The number of nitrogens with one attached hydrogen (secondary N) is 1. The molecule has 0 heterocycles. The molecule has 2 atom stereocenters. The highest BCUT2D eigenvalue weighted by Gasteiger charge is 2.43. The van der Waals surface area contributed by atoms with Crippen molar-refractivity contribution in [1.82, 2.24) is 5.32 Å². The minimum absolute atomic E-state index is 0.256. The van der Waals surface area contributed by atoms with Crippen LogP contribution >= 0.6 is 0 Å². The highest BCUT2D eigenvalue weighted by Crippen LogP contribution is 2.42. The van der Waals surface area contributed by atoms with Crippen LogP contribution in [0.5, 0.6) is 0 Å². The van der Waals surface area contributed by atoms with Crippen molar-refractivity contribution in [2.45, 2.75) is 89.1 Å². The lowest BCUT2D eigenvalue weighted by molar-refractivity contribution is 0.129. The molecular weight excluding hydrogens is 254 g/mol. The summed E-state index contributed by atoms with van der Waals surface area (Å²) < 4.78 is 0. The van der Waals surface area contributed by atoms with Crippen molar-refractivity contribution in [1.29, 1.82) is 0 Å². The molecule has 0 saturated heterocycles. The summed E-state index contributed by atoms with van der Waals surface area (Å²) in [6.07, 6.45) is 25.1. The average molecular weight is 287 g/mol. The van der Waals surface area contributed by atoms with E-state index in [4.69, 9.17) is 0 Å². The van der Waals surface area contributed by atoms with E-state index in [1.165, 1.54) is 70.6 Å². The van der Waals surface area contributed by atoms with Gasteiger partial charge in [0.2, 0.25) is 0 Å². The fraction of sp³-hybridized carbons (Fsp3) is 0.800. The van der Waals surface area contributed by atoms with Crippen molar-refractivity contribution in [3.63, 3.8) is 0 Å². The van der Waals surface area contributed by atoms with Crippen LogP contribution in [0.4, 0.5) is 0 Å². The first-order chi connectivity index (χ1) is 10.3. The van der Waals surface area contributed by atoms with E-state index in [1.54, 1.807) is 0 Å². The lowest BCUT2D eigenvalue weighted by Crippen LogP contribution is -2.59. The second-order valence-electron chi connectivity index (χ2n) is 7.51. The molecule has 3 rings (SSSR count). The summed E-state index contributed by atoms with van der Waals surface area (Å²) in [5, 5.41) is 4.20. The second-order valence-corrected chi connectivity index (χ2v) is 7.51. The summed E-state index contributed by atoms with van der Waals surface area (Å²) >= 11 is 0. The van der Waals surface area contributed by atoms with Crippen molar-refractivity contribution in [2.75, 3.05) is 0 Å².